The molecule has 4 aromatic carbocycles. The van der Waals surface area contributed by atoms with Crippen molar-refractivity contribution in [3.05, 3.63) is 125 Å². The molecule has 1 heterocycles. The Bertz CT molecular complexity index is 1750. The highest BCUT2D eigenvalue weighted by Crippen LogP contribution is 2.43. The maximum absolute atomic E-state index is 13.6. The van der Waals surface area contributed by atoms with Gasteiger partial charge >= 0.3 is 22.4 Å². The van der Waals surface area contributed by atoms with E-state index in [2.05, 4.69) is 4.72 Å². The van der Waals surface area contributed by atoms with Crippen molar-refractivity contribution in [2.75, 3.05) is 25.5 Å². The molecule has 45 heavy (non-hydrogen) atoms. The first kappa shape index (κ1) is 31.2. The van der Waals surface area contributed by atoms with Gasteiger partial charge in [-0.1, -0.05) is 78.9 Å². The van der Waals surface area contributed by atoms with Crippen LogP contribution in [0.3, 0.4) is 0 Å². The van der Waals surface area contributed by atoms with E-state index in [9.17, 15) is 18.0 Å². The van der Waals surface area contributed by atoms with Crippen LogP contribution in [-0.2, 0) is 39.3 Å². The van der Waals surface area contributed by atoms with Crippen LogP contribution in [0.5, 0.6) is 11.5 Å². The molecule has 2 N–H and O–H groups in total. The van der Waals surface area contributed by atoms with Gasteiger partial charge in [-0.15, -0.1) is 0 Å². The average Bonchev–Trinajstić information content (AvgIpc) is 3.06. The molecule has 4 aromatic rings. The predicted octanol–water partition coefficient (Wildman–Crippen LogP) is 5.57. The largest absolute Gasteiger partial charge is 0.493 e. The summed E-state index contributed by atoms with van der Waals surface area (Å²) in [4.78, 5) is 27.5. The topological polar surface area (TPSA) is 132 Å². The quantitative estimate of drug-likeness (QED) is 0.232. The van der Waals surface area contributed by atoms with Crippen LogP contribution in [0.15, 0.2) is 97.1 Å². The van der Waals surface area contributed by atoms with Crippen molar-refractivity contribution in [3.63, 3.8) is 0 Å². The number of hydrogen-bond donors (Lipinski definition) is 2. The second kappa shape index (κ2) is 14.0. The standard InChI is InChI=1S/C33H33N3O8S/c1-41-29-19-25-17-18-36(33(38)44-22-24-13-7-4-8-14-24)31(27(25)20-30(29)42-2)26-15-9-10-16-28(26)34-45(39,40)35-32(37)43-21-23-11-5-3-6-12-23/h3-16,19-20,31,34H,17-18,21-22H2,1-2H3,(H,35,37)/t31-/m1/s1. The van der Waals surface area contributed by atoms with Gasteiger partial charge in [-0.25, -0.2) is 14.3 Å². The van der Waals surface area contributed by atoms with E-state index in [1.807, 2.05) is 47.2 Å². The second-order valence-corrected chi connectivity index (χ2v) is 11.6. The number of para-hydroxylation sites is 1. The van der Waals surface area contributed by atoms with Crippen molar-refractivity contribution in [1.29, 1.82) is 0 Å². The summed E-state index contributed by atoms with van der Waals surface area (Å²) >= 11 is 0. The number of nitrogens with zero attached hydrogens (tertiary/aromatic N) is 1. The van der Waals surface area contributed by atoms with Gasteiger partial charge in [-0.3, -0.25) is 9.62 Å². The number of methoxy groups -OCH3 is 2. The number of nitrogens with one attached hydrogen (secondary N) is 2. The van der Waals surface area contributed by atoms with Crippen molar-refractivity contribution >= 4 is 28.1 Å². The monoisotopic (exact) mass is 631 g/mol. The first-order valence-electron chi connectivity index (χ1n) is 14.1. The van der Waals surface area contributed by atoms with Crippen LogP contribution < -0.4 is 18.9 Å². The van der Waals surface area contributed by atoms with Gasteiger partial charge in [0.25, 0.3) is 0 Å². The molecule has 11 nitrogen and oxygen atoms in total. The number of rotatable bonds is 10. The summed E-state index contributed by atoms with van der Waals surface area (Å²) in [6.45, 7) is 0.236. The van der Waals surface area contributed by atoms with E-state index in [-0.39, 0.29) is 25.4 Å². The first-order valence-corrected chi connectivity index (χ1v) is 15.6. The summed E-state index contributed by atoms with van der Waals surface area (Å²) in [6.07, 6.45) is -1.23. The zero-order valence-electron chi connectivity index (χ0n) is 24.8. The molecule has 0 saturated heterocycles. The summed E-state index contributed by atoms with van der Waals surface area (Å²) in [7, 11) is -1.38. The molecule has 5 rings (SSSR count). The van der Waals surface area contributed by atoms with E-state index in [1.165, 1.54) is 7.11 Å². The van der Waals surface area contributed by atoms with E-state index in [4.69, 9.17) is 18.9 Å². The molecule has 0 bridgehead atoms. The molecule has 12 heteroatoms. The van der Waals surface area contributed by atoms with Gasteiger partial charge in [-0.2, -0.15) is 8.42 Å². The van der Waals surface area contributed by atoms with Gasteiger partial charge in [0.2, 0.25) is 0 Å². The Morgan fingerprint density at radius 3 is 2.00 bits per heavy atom. The summed E-state index contributed by atoms with van der Waals surface area (Å²) in [6, 6.07) is 27.7. The molecular formula is C33H33N3O8S. The minimum absolute atomic E-state index is 0.0605. The predicted molar refractivity (Wildman–Crippen MR) is 167 cm³/mol. The summed E-state index contributed by atoms with van der Waals surface area (Å²) in [5, 5.41) is 0. The summed E-state index contributed by atoms with van der Waals surface area (Å²) < 4.78 is 52.4. The maximum atomic E-state index is 13.6. The SMILES string of the molecule is COc1cc2c(cc1OC)[C@@H](c1ccccc1NS(=O)(=O)NC(=O)OCc1ccccc1)N(C(=O)OCc1ccccc1)CC2. The highest BCUT2D eigenvalue weighted by atomic mass is 32.2. The number of fused-ring (bicyclic) bond motifs is 1. The Kier molecular flexibility index (Phi) is 9.73. The van der Waals surface area contributed by atoms with Crippen LogP contribution >= 0.6 is 0 Å². The Labute approximate surface area is 261 Å². The maximum Gasteiger partial charge on any atom is 0.422 e. The molecule has 0 spiro atoms. The van der Waals surface area contributed by atoms with Gasteiger partial charge in [0.05, 0.1) is 25.9 Å². The average molecular weight is 632 g/mol. The van der Waals surface area contributed by atoms with Gasteiger partial charge in [-0.05, 0) is 46.9 Å². The van der Waals surface area contributed by atoms with Gasteiger partial charge in [0.1, 0.15) is 13.2 Å². The van der Waals surface area contributed by atoms with E-state index < -0.39 is 28.4 Å². The molecule has 0 fully saturated rings. The first-order chi connectivity index (χ1) is 21.8. The third-order valence-corrected chi connectivity index (χ3v) is 8.17. The lowest BCUT2D eigenvalue weighted by Crippen LogP contribution is -2.41. The number of hydrogen-bond acceptors (Lipinski definition) is 8. The lowest BCUT2D eigenvalue weighted by atomic mass is 9.87. The zero-order valence-corrected chi connectivity index (χ0v) is 25.6. The van der Waals surface area contributed by atoms with Crippen molar-refractivity contribution in [2.45, 2.75) is 25.7 Å². The van der Waals surface area contributed by atoms with Crippen molar-refractivity contribution in [2.24, 2.45) is 0 Å². The van der Waals surface area contributed by atoms with Crippen LogP contribution in [0.2, 0.25) is 0 Å². The molecule has 0 radical (unpaired) electrons. The van der Waals surface area contributed by atoms with Crippen molar-refractivity contribution < 1.29 is 37.0 Å². The molecule has 0 aliphatic carbocycles. The van der Waals surface area contributed by atoms with Crippen LogP contribution in [0.25, 0.3) is 0 Å². The minimum Gasteiger partial charge on any atom is -0.493 e. The third-order valence-electron chi connectivity index (χ3n) is 7.24. The highest BCUT2D eigenvalue weighted by Gasteiger charge is 2.36. The van der Waals surface area contributed by atoms with Gasteiger partial charge < -0.3 is 18.9 Å². The number of benzene rings is 4. The van der Waals surface area contributed by atoms with E-state index in [0.29, 0.717) is 34.6 Å². The van der Waals surface area contributed by atoms with Crippen LogP contribution in [0, 0.1) is 0 Å². The molecule has 0 saturated carbocycles. The smallest absolute Gasteiger partial charge is 0.422 e. The fraction of sp³-hybridized carbons (Fsp3) is 0.212. The number of carbonyl (C=O) groups excluding carboxylic acids is 2. The molecular weight excluding hydrogens is 598 g/mol. The Hall–Kier alpha value is -5.23. The normalized spacial score (nSPS) is 14.1. The number of amides is 2. The molecule has 234 valence electrons. The van der Waals surface area contributed by atoms with Gasteiger partial charge in [0, 0.05) is 12.1 Å². The Morgan fingerprint density at radius 2 is 1.36 bits per heavy atom. The molecule has 1 aliphatic rings. The van der Waals surface area contributed by atoms with Crippen LogP contribution in [0.1, 0.15) is 33.9 Å². The Morgan fingerprint density at radius 1 is 0.778 bits per heavy atom. The fourth-order valence-corrected chi connectivity index (χ4v) is 5.95. The molecule has 0 unspecified atom stereocenters. The third kappa shape index (κ3) is 7.65. The lowest BCUT2D eigenvalue weighted by molar-refractivity contribution is 0.0837. The number of carbonyl (C=O) groups is 2. The zero-order chi connectivity index (χ0) is 31.8. The second-order valence-electron chi connectivity index (χ2n) is 10.1. The van der Waals surface area contributed by atoms with Crippen molar-refractivity contribution in [3.8, 4) is 11.5 Å². The van der Waals surface area contributed by atoms with E-state index in [0.717, 1.165) is 11.1 Å². The minimum atomic E-state index is -4.44. The molecule has 2 amide bonds. The Balaban J connectivity index is 1.44. The molecule has 0 aromatic heterocycles. The molecule has 1 atom stereocenters. The summed E-state index contributed by atoms with van der Waals surface area (Å²) in [5.41, 5.74) is 3.72. The van der Waals surface area contributed by atoms with Gasteiger partial charge in [0.15, 0.2) is 11.5 Å². The summed E-state index contributed by atoms with van der Waals surface area (Å²) in [5.74, 6) is 0.976. The van der Waals surface area contributed by atoms with Crippen LogP contribution in [0.4, 0.5) is 15.3 Å². The van der Waals surface area contributed by atoms with Crippen LogP contribution in [-0.4, -0.2) is 46.3 Å². The highest BCUT2D eigenvalue weighted by molar-refractivity contribution is 7.91. The van der Waals surface area contributed by atoms with Crippen molar-refractivity contribution in [1.82, 2.24) is 9.62 Å². The fourth-order valence-electron chi connectivity index (χ4n) is 5.14. The molecule has 1 aliphatic heterocycles. The van der Waals surface area contributed by atoms with E-state index in [1.54, 1.807) is 66.6 Å². The number of anilines is 1. The van der Waals surface area contributed by atoms with E-state index >= 15 is 0 Å². The number of ether oxygens (including phenoxy) is 4. The lowest BCUT2D eigenvalue weighted by Gasteiger charge is -2.38.